The molecule has 2 aliphatic heterocycles. The number of hydrogen-bond donors (Lipinski definition) is 0. The van der Waals surface area contributed by atoms with E-state index >= 15 is 0 Å². The number of halogens is 1. The predicted octanol–water partition coefficient (Wildman–Crippen LogP) is 2.92. The highest BCUT2D eigenvalue weighted by Crippen LogP contribution is 2.35. The summed E-state index contributed by atoms with van der Waals surface area (Å²) in [7, 11) is 3.25. The van der Waals surface area contributed by atoms with Crippen LogP contribution in [0.5, 0.6) is 11.5 Å². The number of methoxy groups -OCH3 is 2. The van der Waals surface area contributed by atoms with E-state index in [9.17, 15) is 4.39 Å². The lowest BCUT2D eigenvalue weighted by molar-refractivity contribution is 0.0906. The molecule has 0 aliphatic carbocycles. The van der Waals surface area contributed by atoms with Crippen LogP contribution in [0, 0.1) is 5.82 Å². The fourth-order valence-corrected chi connectivity index (χ4v) is 4.99. The zero-order chi connectivity index (χ0) is 24.2. The van der Waals surface area contributed by atoms with Crippen LogP contribution < -0.4 is 14.4 Å². The minimum Gasteiger partial charge on any atom is -0.493 e. The van der Waals surface area contributed by atoms with Crippen molar-refractivity contribution in [1.82, 2.24) is 25.1 Å². The molecule has 2 saturated heterocycles. The van der Waals surface area contributed by atoms with Gasteiger partial charge in [-0.3, -0.25) is 4.90 Å². The van der Waals surface area contributed by atoms with Crippen molar-refractivity contribution in [2.75, 3.05) is 51.9 Å². The molecule has 2 aromatic carbocycles. The molecule has 0 spiro atoms. The molecule has 1 aromatic heterocycles. The third-order valence-corrected chi connectivity index (χ3v) is 6.80. The van der Waals surface area contributed by atoms with Gasteiger partial charge in [0.2, 0.25) is 0 Å². The summed E-state index contributed by atoms with van der Waals surface area (Å²) in [6, 6.07) is 12.6. The molecule has 2 atom stereocenters. The van der Waals surface area contributed by atoms with Crippen molar-refractivity contribution in [2.45, 2.75) is 31.5 Å². The van der Waals surface area contributed by atoms with E-state index in [-0.39, 0.29) is 18.0 Å². The Bertz CT molecular complexity index is 1130. The minimum atomic E-state index is -0.200. The first-order valence-electron chi connectivity index (χ1n) is 12.0. The van der Waals surface area contributed by atoms with Crippen LogP contribution >= 0.6 is 0 Å². The highest BCUT2D eigenvalue weighted by molar-refractivity contribution is 5.48. The van der Waals surface area contributed by atoms with Crippen LogP contribution in [0.2, 0.25) is 0 Å². The van der Waals surface area contributed by atoms with Crippen LogP contribution in [-0.4, -0.2) is 78.2 Å². The molecule has 186 valence electrons. The molecule has 3 aromatic rings. The summed E-state index contributed by atoms with van der Waals surface area (Å²) in [4.78, 5) is 4.43. The highest BCUT2D eigenvalue weighted by atomic mass is 19.1. The van der Waals surface area contributed by atoms with Crippen molar-refractivity contribution in [3.05, 3.63) is 59.7 Å². The number of hydrogen-bond acceptors (Lipinski definition) is 8. The number of benzene rings is 2. The molecule has 0 amide bonds. The molecular formula is C25H31FN6O3. The van der Waals surface area contributed by atoms with Gasteiger partial charge in [-0.05, 0) is 53.1 Å². The van der Waals surface area contributed by atoms with E-state index in [1.165, 1.54) is 6.07 Å². The summed E-state index contributed by atoms with van der Waals surface area (Å²) in [6.07, 6.45) is 2.17. The van der Waals surface area contributed by atoms with Gasteiger partial charge in [0, 0.05) is 32.8 Å². The Labute approximate surface area is 204 Å². The first kappa shape index (κ1) is 23.5. The number of anilines is 1. The molecule has 35 heavy (non-hydrogen) atoms. The quantitative estimate of drug-likeness (QED) is 0.485. The fraction of sp³-hybridized carbons (Fsp3) is 0.480. The zero-order valence-corrected chi connectivity index (χ0v) is 20.1. The molecule has 0 N–H and O–H groups in total. The normalized spacial score (nSPS) is 19.6. The molecule has 3 heterocycles. The molecule has 9 nitrogen and oxygen atoms in total. The lowest BCUT2D eigenvalue weighted by Gasteiger charge is -2.40. The van der Waals surface area contributed by atoms with Gasteiger partial charge < -0.3 is 19.1 Å². The number of ether oxygens (including phenoxy) is 3. The van der Waals surface area contributed by atoms with Crippen LogP contribution in [0.15, 0.2) is 42.5 Å². The zero-order valence-electron chi connectivity index (χ0n) is 20.1. The molecule has 0 bridgehead atoms. The Kier molecular flexibility index (Phi) is 7.10. The topological polar surface area (TPSA) is 77.8 Å². The highest BCUT2D eigenvalue weighted by Gasteiger charge is 2.32. The second-order valence-corrected chi connectivity index (χ2v) is 8.85. The van der Waals surface area contributed by atoms with Gasteiger partial charge in [-0.15, -0.1) is 5.10 Å². The lowest BCUT2D eigenvalue weighted by Crippen LogP contribution is -2.48. The number of tetrazole rings is 1. The maximum atomic E-state index is 14.4. The van der Waals surface area contributed by atoms with Gasteiger partial charge in [-0.1, -0.05) is 18.2 Å². The van der Waals surface area contributed by atoms with Gasteiger partial charge in [-0.2, -0.15) is 0 Å². The van der Waals surface area contributed by atoms with E-state index in [1.54, 1.807) is 20.3 Å². The summed E-state index contributed by atoms with van der Waals surface area (Å²) in [5, 5.41) is 12.8. The number of para-hydroxylation sites is 1. The van der Waals surface area contributed by atoms with Crippen molar-refractivity contribution in [3.8, 4) is 11.5 Å². The number of piperazine rings is 1. The first-order chi connectivity index (χ1) is 17.2. The smallest absolute Gasteiger partial charge is 0.173 e. The van der Waals surface area contributed by atoms with E-state index in [2.05, 4.69) is 25.3 Å². The van der Waals surface area contributed by atoms with Gasteiger partial charge >= 0.3 is 0 Å². The largest absolute Gasteiger partial charge is 0.493 e. The lowest BCUT2D eigenvalue weighted by atomic mass is 10.0. The molecule has 2 aliphatic rings. The number of aromatic nitrogens is 4. The molecule has 0 radical (unpaired) electrons. The second kappa shape index (κ2) is 10.6. The average Bonchev–Trinajstić information content (AvgIpc) is 3.58. The van der Waals surface area contributed by atoms with Gasteiger partial charge in [0.15, 0.2) is 17.3 Å². The molecule has 5 rings (SSSR count). The van der Waals surface area contributed by atoms with E-state index < -0.39 is 0 Å². The summed E-state index contributed by atoms with van der Waals surface area (Å²) in [5.41, 5.74) is 1.64. The van der Waals surface area contributed by atoms with Crippen molar-refractivity contribution >= 4 is 5.69 Å². The van der Waals surface area contributed by atoms with Crippen molar-refractivity contribution in [2.24, 2.45) is 0 Å². The third kappa shape index (κ3) is 4.94. The second-order valence-electron chi connectivity index (χ2n) is 8.85. The maximum Gasteiger partial charge on any atom is 0.173 e. The van der Waals surface area contributed by atoms with Crippen LogP contribution in [0.25, 0.3) is 0 Å². The third-order valence-electron chi connectivity index (χ3n) is 6.80. The predicted molar refractivity (Wildman–Crippen MR) is 128 cm³/mol. The molecule has 10 heteroatoms. The van der Waals surface area contributed by atoms with Gasteiger partial charge in [0.25, 0.3) is 0 Å². The standard InChI is InChI=1S/C25H31FN6O3/c1-33-22-10-9-18(16-23(22)34-2)24(25-27-28-29-32(25)17-19-6-5-15-35-19)31-13-11-30(12-14-31)21-8-4-3-7-20(21)26/h3-4,7-10,16,19,24H,5-6,11-15,17H2,1-2H3/t19-,24-/m0/s1. The van der Waals surface area contributed by atoms with Gasteiger partial charge in [0.1, 0.15) is 5.82 Å². The van der Waals surface area contributed by atoms with Crippen LogP contribution in [0.4, 0.5) is 10.1 Å². The molecule has 0 unspecified atom stereocenters. The Morgan fingerprint density at radius 2 is 1.86 bits per heavy atom. The van der Waals surface area contributed by atoms with E-state index in [1.807, 2.05) is 35.0 Å². The van der Waals surface area contributed by atoms with Crippen LogP contribution in [0.1, 0.15) is 30.3 Å². The Morgan fingerprint density at radius 1 is 1.06 bits per heavy atom. The number of nitrogens with zero attached hydrogens (tertiary/aromatic N) is 6. The van der Waals surface area contributed by atoms with Gasteiger partial charge in [-0.25, -0.2) is 9.07 Å². The molecule has 2 fully saturated rings. The van der Waals surface area contributed by atoms with Crippen molar-refractivity contribution < 1.29 is 18.6 Å². The summed E-state index contributed by atoms with van der Waals surface area (Å²) >= 11 is 0. The first-order valence-corrected chi connectivity index (χ1v) is 12.0. The van der Waals surface area contributed by atoms with E-state index in [0.29, 0.717) is 36.8 Å². The summed E-state index contributed by atoms with van der Waals surface area (Å²) in [6.45, 7) is 4.22. The fourth-order valence-electron chi connectivity index (χ4n) is 4.99. The van der Waals surface area contributed by atoms with Crippen LogP contribution in [-0.2, 0) is 11.3 Å². The SMILES string of the molecule is COc1ccc([C@@H](c2nnnn2C[C@@H]2CCCO2)N2CCN(c3ccccc3F)CC2)cc1OC. The maximum absolute atomic E-state index is 14.4. The van der Waals surface area contributed by atoms with Gasteiger partial charge in [0.05, 0.1) is 38.6 Å². The summed E-state index contributed by atoms with van der Waals surface area (Å²) < 4.78 is 33.1. The molecular weight excluding hydrogens is 451 g/mol. The van der Waals surface area contributed by atoms with Crippen molar-refractivity contribution in [3.63, 3.8) is 0 Å². The average molecular weight is 483 g/mol. The Morgan fingerprint density at radius 3 is 2.57 bits per heavy atom. The monoisotopic (exact) mass is 482 g/mol. The minimum absolute atomic E-state index is 0.112. The number of rotatable bonds is 8. The van der Waals surface area contributed by atoms with Crippen molar-refractivity contribution in [1.29, 1.82) is 0 Å². The molecule has 0 saturated carbocycles. The van der Waals surface area contributed by atoms with E-state index in [0.717, 1.165) is 43.9 Å². The van der Waals surface area contributed by atoms with E-state index in [4.69, 9.17) is 14.2 Å². The Balaban J connectivity index is 1.45. The summed E-state index contributed by atoms with van der Waals surface area (Å²) in [5.74, 6) is 1.88. The Hall–Kier alpha value is -3.24. The van der Waals surface area contributed by atoms with Crippen LogP contribution in [0.3, 0.4) is 0 Å².